The molecule has 6 nitrogen and oxygen atoms in total. The summed E-state index contributed by atoms with van der Waals surface area (Å²) >= 11 is 1.60. The smallest absolute Gasteiger partial charge is 0.221 e. The Kier molecular flexibility index (Phi) is 5.90. The molecule has 1 N–H and O–H groups in total. The molecule has 1 heterocycles. The Labute approximate surface area is 179 Å². The molecular weight excluding hydrogens is 394 g/mol. The lowest BCUT2D eigenvalue weighted by Crippen LogP contribution is -2.07. The van der Waals surface area contributed by atoms with Crippen molar-refractivity contribution < 1.29 is 4.79 Å². The average molecular weight is 416 g/mol. The van der Waals surface area contributed by atoms with Crippen molar-refractivity contribution in [2.75, 3.05) is 5.32 Å². The van der Waals surface area contributed by atoms with Gasteiger partial charge in [0.1, 0.15) is 0 Å². The number of anilines is 1. The summed E-state index contributed by atoms with van der Waals surface area (Å²) in [5.41, 5.74) is 5.09. The van der Waals surface area contributed by atoms with Gasteiger partial charge in [-0.15, -0.1) is 5.10 Å². The van der Waals surface area contributed by atoms with Crippen LogP contribution in [0.4, 0.5) is 5.69 Å². The first-order valence-electron chi connectivity index (χ1n) is 9.55. The topological polar surface area (TPSA) is 72.7 Å². The molecular formula is C23H21N5OS. The summed E-state index contributed by atoms with van der Waals surface area (Å²) in [5, 5.41) is 15.9. The molecule has 0 aliphatic rings. The molecule has 150 valence electrons. The van der Waals surface area contributed by atoms with Gasteiger partial charge < -0.3 is 5.32 Å². The van der Waals surface area contributed by atoms with Crippen LogP contribution >= 0.6 is 11.8 Å². The number of amides is 1. The van der Waals surface area contributed by atoms with Gasteiger partial charge in [0.2, 0.25) is 11.1 Å². The van der Waals surface area contributed by atoms with E-state index in [-0.39, 0.29) is 11.2 Å². The number of hydrogen-bond acceptors (Lipinski definition) is 5. The van der Waals surface area contributed by atoms with E-state index in [1.165, 1.54) is 23.6 Å². The van der Waals surface area contributed by atoms with Crippen molar-refractivity contribution in [3.8, 4) is 5.69 Å². The lowest BCUT2D eigenvalue weighted by molar-refractivity contribution is -0.114. The number of aromatic nitrogens is 4. The number of rotatable bonds is 6. The van der Waals surface area contributed by atoms with Gasteiger partial charge in [-0.25, -0.2) is 0 Å². The Morgan fingerprint density at radius 3 is 2.53 bits per heavy atom. The molecule has 0 spiro atoms. The molecule has 30 heavy (non-hydrogen) atoms. The van der Waals surface area contributed by atoms with Gasteiger partial charge in [-0.2, -0.15) is 4.68 Å². The van der Waals surface area contributed by atoms with E-state index in [4.69, 9.17) is 0 Å². The molecule has 0 aliphatic carbocycles. The van der Waals surface area contributed by atoms with Crippen LogP contribution in [0.5, 0.6) is 0 Å². The molecule has 4 aromatic rings. The molecule has 1 amide bonds. The average Bonchev–Trinajstić information content (AvgIpc) is 3.21. The third-order valence-corrected chi connectivity index (χ3v) is 5.88. The number of nitrogens with zero attached hydrogens (tertiary/aromatic N) is 4. The maximum Gasteiger partial charge on any atom is 0.221 e. The van der Waals surface area contributed by atoms with E-state index in [1.807, 2.05) is 48.5 Å². The molecule has 0 saturated heterocycles. The highest BCUT2D eigenvalue weighted by Gasteiger charge is 2.21. The summed E-state index contributed by atoms with van der Waals surface area (Å²) in [6, 6.07) is 26.2. The van der Waals surface area contributed by atoms with Gasteiger partial charge in [0.05, 0.1) is 10.9 Å². The van der Waals surface area contributed by atoms with Gasteiger partial charge in [-0.3, -0.25) is 4.79 Å². The molecule has 1 atom stereocenters. The van der Waals surface area contributed by atoms with Gasteiger partial charge in [0.15, 0.2) is 0 Å². The van der Waals surface area contributed by atoms with Crippen LogP contribution < -0.4 is 5.32 Å². The number of carbonyl (C=O) groups excluding carboxylic acids is 1. The second kappa shape index (κ2) is 8.92. The van der Waals surface area contributed by atoms with Gasteiger partial charge in [0.25, 0.3) is 0 Å². The van der Waals surface area contributed by atoms with Gasteiger partial charge >= 0.3 is 0 Å². The first-order valence-corrected chi connectivity index (χ1v) is 10.4. The zero-order valence-electron chi connectivity index (χ0n) is 16.7. The van der Waals surface area contributed by atoms with E-state index < -0.39 is 0 Å². The fourth-order valence-electron chi connectivity index (χ4n) is 3.26. The molecule has 4 rings (SSSR count). The Morgan fingerprint density at radius 1 is 1.00 bits per heavy atom. The van der Waals surface area contributed by atoms with Crippen LogP contribution in [-0.2, 0) is 4.79 Å². The Bertz CT molecular complexity index is 1160. The number of nitrogens with one attached hydrogen (secondary N) is 1. The fraction of sp³-hybridized carbons (Fsp3) is 0.130. The third kappa shape index (κ3) is 4.41. The summed E-state index contributed by atoms with van der Waals surface area (Å²) < 4.78 is 1.70. The number of thioether (sulfide) groups is 1. The van der Waals surface area contributed by atoms with Crippen LogP contribution in [0.2, 0.25) is 0 Å². The molecule has 0 aliphatic heterocycles. The second-order valence-electron chi connectivity index (χ2n) is 6.87. The molecule has 0 fully saturated rings. The molecule has 3 aromatic carbocycles. The molecule has 1 aromatic heterocycles. The van der Waals surface area contributed by atoms with Crippen molar-refractivity contribution >= 4 is 23.4 Å². The minimum Gasteiger partial charge on any atom is -0.326 e. The highest BCUT2D eigenvalue weighted by molar-refractivity contribution is 7.99. The second-order valence-corrected chi connectivity index (χ2v) is 7.94. The Hall–Kier alpha value is -3.45. The largest absolute Gasteiger partial charge is 0.326 e. The molecule has 7 heteroatoms. The first-order chi connectivity index (χ1) is 14.6. The number of aryl methyl sites for hydroxylation is 1. The summed E-state index contributed by atoms with van der Waals surface area (Å²) in [7, 11) is 0. The predicted molar refractivity (Wildman–Crippen MR) is 119 cm³/mol. The molecule has 0 bridgehead atoms. The predicted octanol–water partition coefficient (Wildman–Crippen LogP) is 4.81. The van der Waals surface area contributed by atoms with Crippen LogP contribution in [-0.4, -0.2) is 26.1 Å². The highest BCUT2D eigenvalue weighted by Crippen LogP contribution is 2.41. The van der Waals surface area contributed by atoms with Crippen molar-refractivity contribution in [2.24, 2.45) is 0 Å². The van der Waals surface area contributed by atoms with Gasteiger partial charge in [0, 0.05) is 12.6 Å². The molecule has 0 radical (unpaired) electrons. The van der Waals surface area contributed by atoms with Crippen molar-refractivity contribution in [3.63, 3.8) is 0 Å². The van der Waals surface area contributed by atoms with Crippen molar-refractivity contribution in [1.82, 2.24) is 20.2 Å². The molecule has 0 saturated carbocycles. The van der Waals surface area contributed by atoms with E-state index >= 15 is 0 Å². The van der Waals surface area contributed by atoms with E-state index in [0.29, 0.717) is 10.8 Å². The number of hydrogen-bond donors (Lipinski definition) is 1. The monoisotopic (exact) mass is 415 g/mol. The summed E-state index contributed by atoms with van der Waals surface area (Å²) in [5.74, 6) is -0.123. The summed E-state index contributed by atoms with van der Waals surface area (Å²) in [4.78, 5) is 11.4. The van der Waals surface area contributed by atoms with Crippen LogP contribution in [0.1, 0.15) is 28.9 Å². The van der Waals surface area contributed by atoms with Crippen LogP contribution in [0.25, 0.3) is 5.69 Å². The fourth-order valence-corrected chi connectivity index (χ4v) is 4.48. The summed E-state index contributed by atoms with van der Waals surface area (Å²) in [6.45, 7) is 3.60. The SMILES string of the molecule is CC(=O)Nc1cccc(-n2nnnc2SC(c2ccccc2)c2ccccc2C)c1. The quantitative estimate of drug-likeness (QED) is 0.458. The van der Waals surface area contributed by atoms with E-state index in [9.17, 15) is 4.79 Å². The van der Waals surface area contributed by atoms with E-state index in [0.717, 1.165) is 5.69 Å². The maximum absolute atomic E-state index is 11.4. The van der Waals surface area contributed by atoms with E-state index in [1.54, 1.807) is 16.4 Å². The number of tetrazole rings is 1. The lowest BCUT2D eigenvalue weighted by atomic mass is 10.0. The normalized spacial score (nSPS) is 11.8. The Balaban J connectivity index is 1.72. The van der Waals surface area contributed by atoms with Crippen LogP contribution in [0.15, 0.2) is 84.0 Å². The number of benzene rings is 3. The zero-order valence-corrected chi connectivity index (χ0v) is 17.5. The zero-order chi connectivity index (χ0) is 20.9. The minimum atomic E-state index is -0.123. The van der Waals surface area contributed by atoms with Crippen molar-refractivity contribution in [3.05, 3.63) is 95.6 Å². The van der Waals surface area contributed by atoms with Crippen LogP contribution in [0, 0.1) is 6.92 Å². The van der Waals surface area contributed by atoms with Crippen molar-refractivity contribution in [1.29, 1.82) is 0 Å². The van der Waals surface area contributed by atoms with Gasteiger partial charge in [-0.1, -0.05) is 72.4 Å². The Morgan fingerprint density at radius 2 is 1.77 bits per heavy atom. The van der Waals surface area contributed by atoms with Crippen LogP contribution in [0.3, 0.4) is 0 Å². The van der Waals surface area contributed by atoms with Gasteiger partial charge in [-0.05, 0) is 52.2 Å². The van der Waals surface area contributed by atoms with E-state index in [2.05, 4.69) is 58.1 Å². The first kappa shape index (κ1) is 19.8. The van der Waals surface area contributed by atoms with Crippen molar-refractivity contribution in [2.45, 2.75) is 24.3 Å². The maximum atomic E-state index is 11.4. The lowest BCUT2D eigenvalue weighted by Gasteiger charge is -2.19. The minimum absolute atomic E-state index is 0.0377. The number of carbonyl (C=O) groups is 1. The molecule has 1 unspecified atom stereocenters. The standard InChI is InChI=1S/C23H21N5OS/c1-16-9-6-7-14-21(16)22(18-10-4-3-5-11-18)30-23-25-26-27-28(23)20-13-8-12-19(15-20)24-17(2)29/h3-15,22H,1-2H3,(H,24,29). The summed E-state index contributed by atoms with van der Waals surface area (Å²) in [6.07, 6.45) is 0. The highest BCUT2D eigenvalue weighted by atomic mass is 32.2. The third-order valence-electron chi connectivity index (χ3n) is 4.65.